The topological polar surface area (TPSA) is 41.6 Å². The van der Waals surface area contributed by atoms with E-state index in [1.807, 2.05) is 25.2 Å². The molecular weight excluding hydrogens is 252 g/mol. The molecule has 4 heteroatoms. The lowest BCUT2D eigenvalue weighted by Gasteiger charge is -2.36. The van der Waals surface area contributed by atoms with E-state index in [1.54, 1.807) is 0 Å². The van der Waals surface area contributed by atoms with Crippen LogP contribution in [0.3, 0.4) is 0 Å². The third kappa shape index (κ3) is 3.12. The van der Waals surface area contributed by atoms with E-state index in [0.717, 1.165) is 23.5 Å². The van der Waals surface area contributed by atoms with Crippen LogP contribution in [0.15, 0.2) is 18.2 Å². The Morgan fingerprint density at radius 1 is 1.50 bits per heavy atom. The maximum absolute atomic E-state index is 12.1. The van der Waals surface area contributed by atoms with Crippen molar-refractivity contribution in [2.24, 2.45) is 5.92 Å². The van der Waals surface area contributed by atoms with Gasteiger partial charge in [-0.25, -0.2) is 0 Å². The van der Waals surface area contributed by atoms with Crippen molar-refractivity contribution >= 4 is 11.5 Å². The third-order valence-electron chi connectivity index (χ3n) is 3.77. The van der Waals surface area contributed by atoms with E-state index >= 15 is 0 Å². The van der Waals surface area contributed by atoms with Crippen LogP contribution >= 0.6 is 0 Å². The summed E-state index contributed by atoms with van der Waals surface area (Å²) in [5.41, 5.74) is 1.77. The lowest BCUT2D eigenvalue weighted by Crippen LogP contribution is -2.40. The number of carbonyl (C=O) groups is 1. The molecule has 0 amide bonds. The lowest BCUT2D eigenvalue weighted by molar-refractivity contribution is 0.0983. The van der Waals surface area contributed by atoms with Gasteiger partial charge in [0.25, 0.3) is 0 Å². The van der Waals surface area contributed by atoms with E-state index in [0.29, 0.717) is 18.9 Å². The number of hydrogen-bond donors (Lipinski definition) is 1. The zero-order chi connectivity index (χ0) is 14.7. The number of rotatable bonds is 5. The number of hydrogen-bond acceptors (Lipinski definition) is 4. The molecule has 0 saturated heterocycles. The van der Waals surface area contributed by atoms with E-state index < -0.39 is 0 Å². The van der Waals surface area contributed by atoms with Crippen LogP contribution in [0.5, 0.6) is 5.75 Å². The van der Waals surface area contributed by atoms with Gasteiger partial charge in [0.1, 0.15) is 11.9 Å². The van der Waals surface area contributed by atoms with Crippen molar-refractivity contribution in [3.8, 4) is 5.75 Å². The number of ketones is 1. The number of anilines is 1. The second-order valence-corrected chi connectivity index (χ2v) is 5.74. The van der Waals surface area contributed by atoms with Crippen LogP contribution in [0.2, 0.25) is 0 Å². The Kier molecular flexibility index (Phi) is 4.65. The monoisotopic (exact) mass is 276 g/mol. The predicted octanol–water partition coefficient (Wildman–Crippen LogP) is 2.33. The smallest absolute Gasteiger partial charge is 0.164 e. The second kappa shape index (κ2) is 6.27. The summed E-state index contributed by atoms with van der Waals surface area (Å²) in [6, 6.07) is 5.74. The maximum Gasteiger partial charge on any atom is 0.164 e. The van der Waals surface area contributed by atoms with Gasteiger partial charge in [0.2, 0.25) is 0 Å². The Hall–Kier alpha value is -1.55. The van der Waals surface area contributed by atoms with Crippen molar-refractivity contribution < 1.29 is 9.53 Å². The van der Waals surface area contributed by atoms with Crippen LogP contribution in [0, 0.1) is 5.92 Å². The molecule has 20 heavy (non-hydrogen) atoms. The largest absolute Gasteiger partial charge is 0.486 e. The Bertz CT molecular complexity index is 485. The van der Waals surface area contributed by atoms with Gasteiger partial charge in [0, 0.05) is 25.6 Å². The van der Waals surface area contributed by atoms with E-state index in [4.69, 9.17) is 4.74 Å². The molecule has 4 nitrogen and oxygen atoms in total. The molecule has 0 spiro atoms. The first-order chi connectivity index (χ1) is 9.52. The first-order valence-corrected chi connectivity index (χ1v) is 7.22. The maximum atomic E-state index is 12.1. The molecule has 1 atom stereocenters. The molecule has 0 radical (unpaired) electrons. The van der Waals surface area contributed by atoms with E-state index in [1.165, 1.54) is 0 Å². The highest BCUT2D eigenvalue weighted by Crippen LogP contribution is 2.35. The van der Waals surface area contributed by atoms with E-state index in [9.17, 15) is 4.79 Å². The van der Waals surface area contributed by atoms with Crippen LogP contribution in [-0.2, 0) is 0 Å². The molecule has 1 unspecified atom stereocenters. The van der Waals surface area contributed by atoms with Crippen LogP contribution in [0.25, 0.3) is 0 Å². The molecule has 1 aromatic carbocycles. The number of Topliss-reactive ketones (excluding diaryl/α,β-unsaturated/α-hetero) is 1. The molecule has 2 rings (SSSR count). The van der Waals surface area contributed by atoms with Crippen molar-refractivity contribution in [2.75, 3.05) is 32.1 Å². The predicted molar refractivity (Wildman–Crippen MR) is 81.8 cm³/mol. The molecule has 1 heterocycles. The van der Waals surface area contributed by atoms with Crippen molar-refractivity contribution in [3.63, 3.8) is 0 Å². The zero-order valence-electron chi connectivity index (χ0n) is 12.8. The van der Waals surface area contributed by atoms with Gasteiger partial charge >= 0.3 is 0 Å². The molecule has 1 aliphatic heterocycles. The van der Waals surface area contributed by atoms with Crippen molar-refractivity contribution in [1.29, 1.82) is 0 Å². The highest BCUT2D eigenvalue weighted by Gasteiger charge is 2.26. The van der Waals surface area contributed by atoms with E-state index in [2.05, 4.69) is 31.1 Å². The molecule has 1 N–H and O–H groups in total. The SMILES string of the molecule is CNCCC(=O)c1ccc2c(c1)N(C)CC(C(C)C)O2. The molecule has 0 aliphatic carbocycles. The summed E-state index contributed by atoms with van der Waals surface area (Å²) < 4.78 is 6.01. The first-order valence-electron chi connectivity index (χ1n) is 7.22. The number of carbonyl (C=O) groups excluding carboxylic acids is 1. The Morgan fingerprint density at radius 3 is 2.90 bits per heavy atom. The zero-order valence-corrected chi connectivity index (χ0v) is 12.8. The fraction of sp³-hybridized carbons (Fsp3) is 0.562. The number of nitrogens with one attached hydrogen (secondary N) is 1. The summed E-state index contributed by atoms with van der Waals surface area (Å²) in [6.45, 7) is 5.90. The first kappa shape index (κ1) is 14.9. The molecule has 0 fully saturated rings. The van der Waals surface area contributed by atoms with Gasteiger partial charge in [-0.1, -0.05) is 13.8 Å². The summed E-state index contributed by atoms with van der Waals surface area (Å²) in [7, 11) is 3.91. The Labute approximate surface area is 121 Å². The fourth-order valence-electron chi connectivity index (χ4n) is 2.39. The minimum atomic E-state index is 0.168. The molecule has 0 saturated carbocycles. The van der Waals surface area contributed by atoms with Crippen LogP contribution in [-0.4, -0.2) is 39.1 Å². The third-order valence-corrected chi connectivity index (χ3v) is 3.77. The Balaban J connectivity index is 2.20. The molecule has 110 valence electrons. The fourth-order valence-corrected chi connectivity index (χ4v) is 2.39. The number of fused-ring (bicyclic) bond motifs is 1. The summed E-state index contributed by atoms with van der Waals surface area (Å²) in [4.78, 5) is 14.2. The Morgan fingerprint density at radius 2 is 2.25 bits per heavy atom. The minimum absolute atomic E-state index is 0.168. The average Bonchev–Trinajstić information content (AvgIpc) is 2.44. The van der Waals surface area contributed by atoms with Crippen LogP contribution in [0.4, 0.5) is 5.69 Å². The highest BCUT2D eigenvalue weighted by atomic mass is 16.5. The highest BCUT2D eigenvalue weighted by molar-refractivity contribution is 5.97. The van der Waals surface area contributed by atoms with Gasteiger partial charge in [0.15, 0.2) is 5.78 Å². The van der Waals surface area contributed by atoms with Crippen LogP contribution in [0.1, 0.15) is 30.6 Å². The van der Waals surface area contributed by atoms with Crippen molar-refractivity contribution in [3.05, 3.63) is 23.8 Å². The second-order valence-electron chi connectivity index (χ2n) is 5.74. The van der Waals surface area contributed by atoms with Gasteiger partial charge < -0.3 is 15.0 Å². The summed E-state index contributed by atoms with van der Waals surface area (Å²) in [6.07, 6.45) is 0.729. The number of likely N-dealkylation sites (N-methyl/N-ethyl adjacent to an activating group) is 1. The molecule has 1 aliphatic rings. The van der Waals surface area contributed by atoms with Crippen molar-refractivity contribution in [2.45, 2.75) is 26.4 Å². The summed E-state index contributed by atoms with van der Waals surface area (Å²) in [5.74, 6) is 1.52. The standard InChI is InChI=1S/C16H24N2O2/c1-11(2)16-10-18(4)13-9-12(5-6-15(13)20-16)14(19)7-8-17-3/h5-6,9,11,16-17H,7-8,10H2,1-4H3. The average molecular weight is 276 g/mol. The number of nitrogens with zero attached hydrogens (tertiary/aromatic N) is 1. The van der Waals surface area contributed by atoms with E-state index in [-0.39, 0.29) is 11.9 Å². The summed E-state index contributed by atoms with van der Waals surface area (Å²) in [5, 5.41) is 3.00. The molecular formula is C16H24N2O2. The number of benzene rings is 1. The molecule has 1 aromatic rings. The van der Waals surface area contributed by atoms with Gasteiger partial charge in [-0.2, -0.15) is 0 Å². The normalized spacial score (nSPS) is 17.9. The summed E-state index contributed by atoms with van der Waals surface area (Å²) >= 11 is 0. The molecule has 0 bridgehead atoms. The quantitative estimate of drug-likeness (QED) is 0.838. The lowest BCUT2D eigenvalue weighted by atomic mass is 10.0. The van der Waals surface area contributed by atoms with Gasteiger partial charge in [-0.15, -0.1) is 0 Å². The van der Waals surface area contributed by atoms with Crippen molar-refractivity contribution in [1.82, 2.24) is 5.32 Å². The van der Waals surface area contributed by atoms with Crippen LogP contribution < -0.4 is 15.0 Å². The molecule has 0 aromatic heterocycles. The van der Waals surface area contributed by atoms with Gasteiger partial charge in [-0.3, -0.25) is 4.79 Å². The number of ether oxygens (including phenoxy) is 1. The van der Waals surface area contributed by atoms with Gasteiger partial charge in [0.05, 0.1) is 12.2 Å². The minimum Gasteiger partial charge on any atom is -0.486 e. The van der Waals surface area contributed by atoms with Gasteiger partial charge in [-0.05, 0) is 31.2 Å².